The summed E-state index contributed by atoms with van der Waals surface area (Å²) in [7, 11) is 0. The Labute approximate surface area is 181 Å². The van der Waals surface area contributed by atoms with E-state index >= 15 is 0 Å². The lowest BCUT2D eigenvalue weighted by molar-refractivity contribution is 0.0950. The van der Waals surface area contributed by atoms with Gasteiger partial charge in [0.1, 0.15) is 5.69 Å². The molecule has 0 atom stereocenters. The van der Waals surface area contributed by atoms with Crippen LogP contribution in [0.25, 0.3) is 10.9 Å². The van der Waals surface area contributed by atoms with E-state index in [2.05, 4.69) is 32.0 Å². The summed E-state index contributed by atoms with van der Waals surface area (Å²) in [6.45, 7) is 0.484. The lowest BCUT2D eigenvalue weighted by atomic mass is 10.1. The van der Waals surface area contributed by atoms with Crippen molar-refractivity contribution in [1.82, 2.24) is 15.3 Å². The van der Waals surface area contributed by atoms with Crippen molar-refractivity contribution < 1.29 is 9.59 Å². The first-order valence-corrected chi connectivity index (χ1v) is 10.5. The normalized spacial score (nSPS) is 10.7. The van der Waals surface area contributed by atoms with Crippen LogP contribution in [-0.4, -0.2) is 28.5 Å². The lowest BCUT2D eigenvalue weighted by Crippen LogP contribution is -2.26. The smallest absolute Gasteiger partial charge is 0.325 e. The third-order valence-corrected chi connectivity index (χ3v) is 5.42. The molecule has 0 radical (unpaired) electrons. The molecule has 0 aliphatic heterocycles. The van der Waals surface area contributed by atoms with Crippen LogP contribution in [0.3, 0.4) is 0 Å². The third-order valence-electron chi connectivity index (χ3n) is 4.41. The van der Waals surface area contributed by atoms with Gasteiger partial charge in [-0.1, -0.05) is 29.8 Å². The predicted octanol–water partition coefficient (Wildman–Crippen LogP) is 4.89. The molecule has 3 amide bonds. The second kappa shape index (κ2) is 8.98. The largest absolute Gasteiger partial charge is 0.361 e. The number of amides is 3. The summed E-state index contributed by atoms with van der Waals surface area (Å²) in [5.41, 5.74) is 3.08. The highest BCUT2D eigenvalue weighted by Crippen LogP contribution is 2.19. The number of H-pyrrole nitrogens is 1. The average Bonchev–Trinajstić information content (AvgIpc) is 3.37. The maximum absolute atomic E-state index is 12.3. The molecular weight excluding hydrogens is 422 g/mol. The molecule has 2 heterocycles. The van der Waals surface area contributed by atoms with E-state index in [1.807, 2.05) is 24.4 Å². The van der Waals surface area contributed by atoms with Gasteiger partial charge in [-0.05, 0) is 42.3 Å². The number of hydrogen-bond acceptors (Lipinski definition) is 4. The summed E-state index contributed by atoms with van der Waals surface area (Å²) in [5.74, 6) is -0.280. The molecule has 0 spiro atoms. The van der Waals surface area contributed by atoms with E-state index in [0.29, 0.717) is 28.8 Å². The first-order chi connectivity index (χ1) is 14.6. The number of nitrogens with zero attached hydrogens (tertiary/aromatic N) is 1. The molecule has 4 N–H and O–H groups in total. The van der Waals surface area contributed by atoms with Crippen molar-refractivity contribution >= 4 is 56.6 Å². The fourth-order valence-corrected chi connectivity index (χ4v) is 3.78. The molecule has 4 rings (SSSR count). The van der Waals surface area contributed by atoms with E-state index in [4.69, 9.17) is 11.6 Å². The minimum Gasteiger partial charge on any atom is -0.361 e. The van der Waals surface area contributed by atoms with Crippen molar-refractivity contribution in [2.24, 2.45) is 0 Å². The van der Waals surface area contributed by atoms with Crippen molar-refractivity contribution in [2.75, 3.05) is 17.2 Å². The number of fused-ring (bicyclic) bond motifs is 1. The molecule has 0 fully saturated rings. The quantitative estimate of drug-likeness (QED) is 0.344. The van der Waals surface area contributed by atoms with E-state index in [1.54, 1.807) is 29.6 Å². The van der Waals surface area contributed by atoms with Gasteiger partial charge < -0.3 is 15.6 Å². The molecule has 4 aromatic rings. The zero-order valence-corrected chi connectivity index (χ0v) is 17.3. The van der Waals surface area contributed by atoms with Crippen molar-refractivity contribution in [3.63, 3.8) is 0 Å². The summed E-state index contributed by atoms with van der Waals surface area (Å²) in [4.78, 5) is 31.8. The number of rotatable bonds is 6. The Kier molecular flexibility index (Phi) is 5.97. The molecule has 152 valence electrons. The number of thiazole rings is 1. The summed E-state index contributed by atoms with van der Waals surface area (Å²) in [6.07, 6.45) is 2.66. The number of urea groups is 1. The maximum atomic E-state index is 12.3. The van der Waals surface area contributed by atoms with Crippen LogP contribution >= 0.6 is 22.9 Å². The topological polar surface area (TPSA) is 98.9 Å². The van der Waals surface area contributed by atoms with E-state index < -0.39 is 6.03 Å². The number of halogens is 1. The Balaban J connectivity index is 1.28. The molecule has 0 saturated carbocycles. The van der Waals surface area contributed by atoms with Crippen LogP contribution < -0.4 is 16.0 Å². The zero-order chi connectivity index (χ0) is 20.9. The Morgan fingerprint density at radius 1 is 1.07 bits per heavy atom. The van der Waals surface area contributed by atoms with Gasteiger partial charge in [-0.25, -0.2) is 9.78 Å². The number of hydrogen-bond donors (Lipinski definition) is 4. The first kappa shape index (κ1) is 19.9. The van der Waals surface area contributed by atoms with Crippen LogP contribution in [-0.2, 0) is 6.42 Å². The van der Waals surface area contributed by atoms with E-state index in [-0.39, 0.29) is 11.6 Å². The Bertz CT molecular complexity index is 1190. The molecular formula is C21H18ClN5O2S. The van der Waals surface area contributed by atoms with Crippen molar-refractivity contribution in [1.29, 1.82) is 0 Å². The first-order valence-electron chi connectivity index (χ1n) is 9.21. The zero-order valence-electron chi connectivity index (χ0n) is 15.7. The third kappa shape index (κ3) is 4.79. The standard InChI is InChI=1S/C21H18ClN5O2S/c22-14-5-7-15(8-6-14)25-20(29)27-21-26-18(12-30-21)19(28)23-10-9-13-11-24-17-4-2-1-3-16(13)17/h1-8,11-12,24H,9-10H2,(H,23,28)(H2,25,26,27,29). The van der Waals surface area contributed by atoms with Gasteiger partial charge in [0.2, 0.25) is 0 Å². The maximum Gasteiger partial charge on any atom is 0.325 e. The van der Waals surface area contributed by atoms with Gasteiger partial charge in [-0.15, -0.1) is 11.3 Å². The number of aromatic nitrogens is 2. The molecule has 0 aliphatic rings. The molecule has 9 heteroatoms. The number of carbonyl (C=O) groups excluding carboxylic acids is 2. The summed E-state index contributed by atoms with van der Waals surface area (Å²) >= 11 is 7.01. The molecule has 0 aliphatic carbocycles. The molecule has 2 aromatic heterocycles. The Hall–Kier alpha value is -3.36. The molecule has 2 aromatic carbocycles. The van der Waals surface area contributed by atoms with Crippen LogP contribution in [0.5, 0.6) is 0 Å². The molecule has 0 saturated heterocycles. The highest BCUT2D eigenvalue weighted by atomic mass is 35.5. The van der Waals surface area contributed by atoms with Gasteiger partial charge in [0.15, 0.2) is 5.13 Å². The van der Waals surface area contributed by atoms with Crippen molar-refractivity contribution in [3.8, 4) is 0 Å². The average molecular weight is 440 g/mol. The van der Waals surface area contributed by atoms with E-state index in [0.717, 1.165) is 16.5 Å². The SMILES string of the molecule is O=C(Nc1ccc(Cl)cc1)Nc1nc(C(=O)NCCc2c[nH]c3ccccc23)cs1. The van der Waals surface area contributed by atoms with Gasteiger partial charge >= 0.3 is 6.03 Å². The van der Waals surface area contributed by atoms with Gasteiger partial charge in [0.05, 0.1) is 0 Å². The second-order valence-corrected chi connectivity index (χ2v) is 7.78. The number of benzene rings is 2. The number of anilines is 2. The number of carbonyl (C=O) groups is 2. The van der Waals surface area contributed by atoms with Crippen molar-refractivity contribution in [2.45, 2.75) is 6.42 Å². The van der Waals surface area contributed by atoms with E-state index in [1.165, 1.54) is 11.3 Å². The molecule has 0 bridgehead atoms. The van der Waals surface area contributed by atoms with Gasteiger partial charge in [-0.3, -0.25) is 10.1 Å². The van der Waals surface area contributed by atoms with Crippen LogP contribution in [0.2, 0.25) is 5.02 Å². The fourth-order valence-electron chi connectivity index (χ4n) is 2.97. The lowest BCUT2D eigenvalue weighted by Gasteiger charge is -2.05. The second-order valence-electron chi connectivity index (χ2n) is 6.49. The Morgan fingerprint density at radius 2 is 1.87 bits per heavy atom. The summed E-state index contributed by atoms with van der Waals surface area (Å²) < 4.78 is 0. The van der Waals surface area contributed by atoms with Gasteiger partial charge in [0.25, 0.3) is 5.91 Å². The number of para-hydroxylation sites is 1. The monoisotopic (exact) mass is 439 g/mol. The van der Waals surface area contributed by atoms with Crippen LogP contribution in [0.15, 0.2) is 60.1 Å². The number of nitrogens with one attached hydrogen (secondary N) is 4. The Morgan fingerprint density at radius 3 is 2.70 bits per heavy atom. The van der Waals surface area contributed by atoms with Crippen molar-refractivity contribution in [3.05, 3.63) is 76.4 Å². The van der Waals surface area contributed by atoms with Gasteiger partial charge in [0, 0.05) is 39.7 Å². The molecule has 30 heavy (non-hydrogen) atoms. The van der Waals surface area contributed by atoms with E-state index in [9.17, 15) is 9.59 Å². The van der Waals surface area contributed by atoms with Gasteiger partial charge in [-0.2, -0.15) is 0 Å². The van der Waals surface area contributed by atoms with Crippen LogP contribution in [0.1, 0.15) is 16.1 Å². The molecule has 0 unspecified atom stereocenters. The molecule has 7 nitrogen and oxygen atoms in total. The minimum absolute atomic E-state index is 0.265. The summed E-state index contributed by atoms with van der Waals surface area (Å²) in [6, 6.07) is 14.3. The highest BCUT2D eigenvalue weighted by Gasteiger charge is 2.13. The minimum atomic E-state index is -0.446. The highest BCUT2D eigenvalue weighted by molar-refractivity contribution is 7.14. The predicted molar refractivity (Wildman–Crippen MR) is 121 cm³/mol. The fraction of sp³-hybridized carbons (Fsp3) is 0.0952. The summed E-state index contributed by atoms with van der Waals surface area (Å²) in [5, 5.41) is 11.8. The van der Waals surface area contributed by atoms with Crippen LogP contribution in [0, 0.1) is 0 Å². The van der Waals surface area contributed by atoms with Crippen LogP contribution in [0.4, 0.5) is 15.6 Å². The number of aromatic amines is 1.